The van der Waals surface area contributed by atoms with Crippen LogP contribution in [-0.2, 0) is 55.7 Å². The van der Waals surface area contributed by atoms with Gasteiger partial charge >= 0.3 is 55.7 Å². The molecule has 0 unspecified atom stereocenters. The van der Waals surface area contributed by atoms with Crippen molar-refractivity contribution in [2.45, 2.75) is 20.8 Å². The fourth-order valence-electron chi connectivity index (χ4n) is 7.07. The summed E-state index contributed by atoms with van der Waals surface area (Å²) in [6.07, 6.45) is 0. The van der Waals surface area contributed by atoms with E-state index in [4.69, 9.17) is 0 Å². The molecule has 9 aromatic rings. The fourth-order valence-corrected chi connectivity index (χ4v) is 7.07. The molecule has 0 fully saturated rings. The maximum absolute atomic E-state index is 2.18. The van der Waals surface area contributed by atoms with Crippen LogP contribution in [0.25, 0.3) is 32.3 Å². The second-order valence-electron chi connectivity index (χ2n) is 16.6. The van der Waals surface area contributed by atoms with E-state index in [1.165, 1.54) is 66.8 Å². The predicted molar refractivity (Wildman–Crippen MR) is 278 cm³/mol. The summed E-state index contributed by atoms with van der Waals surface area (Å²) in [5.41, 5.74) is 4.02. The maximum Gasteiger partial charge on any atom is 2.00 e. The Labute approximate surface area is 471 Å². The standard InChI is InChI=1S/3C11H16N.3C9H7.3ClH.3V/c3*1-10(9-12(2)3)11-7-5-4-6-8-11;3*1-2-5-9-7-3-6-8(9)4-1;;;;;;/h3*4-8H,9H2,1-3H3;3*1-7H;3*1H;;;/q6*-1;;;;3*+2/p-3. The first-order valence-corrected chi connectivity index (χ1v) is 21.9. The Morgan fingerprint density at radius 2 is 0.507 bits per heavy atom. The number of hydrogen-bond donors (Lipinski definition) is 0. The SMILES string of the molecule is C[C-](CN(C)C)c1ccccc1.C[C-](CN(C)C)c1ccccc1.C[C-](CN(C)C)c1ccccc1.[Cl-].[Cl-].[Cl-].[V+2].[V+2].[V+2].c1ccc2[cH-]ccc2c1.c1ccc2[cH-]ccc2c1.c1ccc2[cH-]ccc2c1. The van der Waals surface area contributed by atoms with E-state index in [-0.39, 0.29) is 92.9 Å². The average molecular weight is 1090 g/mol. The zero-order valence-corrected chi connectivity index (χ0v) is 48.2. The van der Waals surface area contributed by atoms with Crippen molar-refractivity contribution in [3.63, 3.8) is 0 Å². The molecule has 0 bridgehead atoms. The maximum atomic E-state index is 2.18. The molecule has 0 saturated carbocycles. The second-order valence-corrected chi connectivity index (χ2v) is 16.6. The van der Waals surface area contributed by atoms with Gasteiger partial charge in [0.25, 0.3) is 0 Å². The summed E-state index contributed by atoms with van der Waals surface area (Å²) in [5, 5.41) is 7.99. The molecule has 9 rings (SSSR count). The molecule has 0 aliphatic heterocycles. The van der Waals surface area contributed by atoms with E-state index in [0.717, 1.165) is 19.6 Å². The minimum atomic E-state index is 0. The van der Waals surface area contributed by atoms with Gasteiger partial charge < -0.3 is 51.9 Å². The van der Waals surface area contributed by atoms with Gasteiger partial charge in [-0.3, -0.25) is 0 Å². The molecule has 0 amide bonds. The molecule has 0 heterocycles. The number of nitrogens with zero attached hydrogens (tertiary/aromatic N) is 3. The van der Waals surface area contributed by atoms with Crippen molar-refractivity contribution in [3.05, 3.63) is 253 Å². The van der Waals surface area contributed by atoms with Gasteiger partial charge in [0, 0.05) is 0 Å². The van der Waals surface area contributed by atoms with E-state index in [1.807, 2.05) is 18.2 Å². The summed E-state index contributed by atoms with van der Waals surface area (Å²) in [7, 11) is 12.5. The molecule has 9 heteroatoms. The van der Waals surface area contributed by atoms with E-state index in [9.17, 15) is 0 Å². The molecule has 0 aliphatic rings. The van der Waals surface area contributed by atoms with Gasteiger partial charge in [-0.1, -0.05) is 57.2 Å². The van der Waals surface area contributed by atoms with Crippen molar-refractivity contribution in [1.82, 2.24) is 14.7 Å². The van der Waals surface area contributed by atoms with Crippen LogP contribution in [0.4, 0.5) is 0 Å². The van der Waals surface area contributed by atoms with Crippen molar-refractivity contribution in [2.24, 2.45) is 0 Å². The van der Waals surface area contributed by atoms with Gasteiger partial charge in [0.05, 0.1) is 0 Å². The Morgan fingerprint density at radius 3 is 0.710 bits per heavy atom. The minimum absolute atomic E-state index is 0. The van der Waals surface area contributed by atoms with Gasteiger partial charge in [0.15, 0.2) is 0 Å². The van der Waals surface area contributed by atoms with Gasteiger partial charge in [0.2, 0.25) is 0 Å². The molecule has 363 valence electrons. The van der Waals surface area contributed by atoms with Crippen LogP contribution >= 0.6 is 0 Å². The smallest absolute Gasteiger partial charge is 1.00 e. The van der Waals surface area contributed by atoms with E-state index < -0.39 is 0 Å². The van der Waals surface area contributed by atoms with Crippen LogP contribution in [0.3, 0.4) is 0 Å². The molecule has 3 nitrogen and oxygen atoms in total. The molecule has 0 spiro atoms. The molecular formula is C60H69Cl3N3V3-3. The summed E-state index contributed by atoms with van der Waals surface area (Å²) in [4.78, 5) is 6.55. The van der Waals surface area contributed by atoms with Crippen LogP contribution in [0.1, 0.15) is 37.5 Å². The number of halogens is 3. The summed E-state index contributed by atoms with van der Waals surface area (Å²) in [5.74, 6) is 4.25. The van der Waals surface area contributed by atoms with Crippen LogP contribution in [0.5, 0.6) is 0 Å². The molecule has 0 saturated heterocycles. The van der Waals surface area contributed by atoms with Crippen molar-refractivity contribution < 1.29 is 92.9 Å². The zero-order chi connectivity index (χ0) is 45.2. The number of rotatable bonds is 9. The molecule has 0 atom stereocenters. The molecular weight excluding hydrogens is 1020 g/mol. The van der Waals surface area contributed by atoms with Crippen molar-refractivity contribution in [3.8, 4) is 0 Å². The second kappa shape index (κ2) is 39.9. The first-order chi connectivity index (χ1) is 30.5. The third-order valence-corrected chi connectivity index (χ3v) is 10.1. The van der Waals surface area contributed by atoms with Gasteiger partial charge in [-0.25, -0.2) is 0 Å². The van der Waals surface area contributed by atoms with Crippen molar-refractivity contribution in [2.75, 3.05) is 61.9 Å². The van der Waals surface area contributed by atoms with Gasteiger partial charge in [0.1, 0.15) is 0 Å². The van der Waals surface area contributed by atoms with Crippen LogP contribution in [0.15, 0.2) is 218 Å². The molecule has 3 radical (unpaired) electrons. The molecule has 0 aromatic heterocycles. The number of hydrogen-bond acceptors (Lipinski definition) is 3. The summed E-state index contributed by atoms with van der Waals surface area (Å²) in [6, 6.07) is 75.5. The number of likely N-dealkylation sites (N-methyl/N-ethyl adjacent to an activating group) is 3. The first-order valence-electron chi connectivity index (χ1n) is 21.9. The number of fused-ring (bicyclic) bond motifs is 3. The molecule has 9 aromatic carbocycles. The van der Waals surface area contributed by atoms with Crippen molar-refractivity contribution >= 4 is 32.3 Å². The fraction of sp³-hybridized carbons (Fsp3) is 0.200. The molecule has 0 N–H and O–H groups in total. The zero-order valence-electron chi connectivity index (χ0n) is 41.7. The van der Waals surface area contributed by atoms with Crippen LogP contribution < -0.4 is 37.2 Å². The summed E-state index contributed by atoms with van der Waals surface area (Å²) < 4.78 is 0. The Kier molecular flexibility index (Phi) is 40.2. The van der Waals surface area contributed by atoms with E-state index in [2.05, 4.69) is 278 Å². The van der Waals surface area contributed by atoms with Crippen molar-refractivity contribution in [1.29, 1.82) is 0 Å². The van der Waals surface area contributed by atoms with Crippen LogP contribution in [-0.4, -0.2) is 76.6 Å². The Balaban J connectivity index is -0.000000747. The molecule has 69 heavy (non-hydrogen) atoms. The van der Waals surface area contributed by atoms with Gasteiger partial charge in [-0.05, 0) is 61.9 Å². The monoisotopic (exact) mass is 1090 g/mol. The Morgan fingerprint density at radius 1 is 0.304 bits per heavy atom. The Hall–Kier alpha value is -3.74. The molecule has 0 aliphatic carbocycles. The van der Waals surface area contributed by atoms with Crippen LogP contribution in [0, 0.1) is 17.8 Å². The third kappa shape index (κ3) is 27.5. The van der Waals surface area contributed by atoms with E-state index in [0.29, 0.717) is 0 Å². The minimum Gasteiger partial charge on any atom is -1.00 e. The quantitative estimate of drug-likeness (QED) is 0.183. The average Bonchev–Trinajstić information content (AvgIpc) is 4.10. The normalized spacial score (nSPS) is 9.39. The predicted octanol–water partition coefficient (Wildman–Crippen LogP) is 5.25. The topological polar surface area (TPSA) is 9.72 Å². The summed E-state index contributed by atoms with van der Waals surface area (Å²) in [6.45, 7) is 9.62. The largest absolute Gasteiger partial charge is 2.00 e. The Bertz CT molecular complexity index is 2140. The number of benzene rings is 6. The van der Waals surface area contributed by atoms with Crippen LogP contribution in [0.2, 0.25) is 0 Å². The summed E-state index contributed by atoms with van der Waals surface area (Å²) >= 11 is 0. The van der Waals surface area contributed by atoms with E-state index >= 15 is 0 Å². The first kappa shape index (κ1) is 69.5. The van der Waals surface area contributed by atoms with E-state index in [1.54, 1.807) is 0 Å². The van der Waals surface area contributed by atoms with Gasteiger partial charge in [-0.2, -0.15) is 123 Å². The third-order valence-electron chi connectivity index (χ3n) is 10.1. The van der Waals surface area contributed by atoms with Gasteiger partial charge in [-0.15, -0.1) is 125 Å².